The van der Waals surface area contributed by atoms with Crippen molar-refractivity contribution < 1.29 is 76.7 Å². The Balaban J connectivity index is 0.000000127. The highest BCUT2D eigenvalue weighted by Crippen LogP contribution is 2.42. The molecule has 4 fully saturated rings. The van der Waals surface area contributed by atoms with E-state index >= 15 is 0 Å². The number of benzene rings is 4. The predicted molar refractivity (Wildman–Crippen MR) is 499 cm³/mol. The Labute approximate surface area is 783 Å². The van der Waals surface area contributed by atoms with Crippen LogP contribution in [0.5, 0.6) is 11.5 Å². The van der Waals surface area contributed by atoms with E-state index in [1.807, 2.05) is 24.8 Å². The fourth-order valence-corrected chi connectivity index (χ4v) is 18.2. The first-order valence-corrected chi connectivity index (χ1v) is 45.2. The number of piperidine rings is 4. The predicted octanol–water partition coefficient (Wildman–Crippen LogP) is 6.97. The molecule has 0 spiro atoms. The molecule has 8 atom stereocenters. The van der Waals surface area contributed by atoms with Crippen LogP contribution in [0.25, 0.3) is 66.2 Å². The number of nitrogens with two attached hydrogens (primary N) is 4. The van der Waals surface area contributed by atoms with Gasteiger partial charge in [-0.3, -0.25) is 18.7 Å². The Morgan fingerprint density at radius 2 is 0.572 bits per heavy atom. The molecule has 4 saturated heterocycles. The number of methoxy groups -OCH3 is 2. The van der Waals surface area contributed by atoms with Gasteiger partial charge in [0.2, 0.25) is 23.8 Å². The Morgan fingerprint density at radius 1 is 0.326 bits per heavy atom. The van der Waals surface area contributed by atoms with Gasteiger partial charge in [-0.15, -0.1) is 20.4 Å². The number of hydrogen-bond donors (Lipinski definition) is 12. The molecule has 4 aliphatic rings. The van der Waals surface area contributed by atoms with Crippen molar-refractivity contribution in [3.05, 3.63) is 156 Å². The molecular formula is C90H110F6N32O10. The smallest absolute Gasteiger partial charge is 0.223 e. The summed E-state index contributed by atoms with van der Waals surface area (Å²) >= 11 is 0. The molecule has 138 heavy (non-hydrogen) atoms. The zero-order valence-electron chi connectivity index (χ0n) is 77.5. The van der Waals surface area contributed by atoms with Gasteiger partial charge < -0.3 is 92.9 Å². The summed E-state index contributed by atoms with van der Waals surface area (Å²) < 4.78 is 107. The fourth-order valence-electron chi connectivity index (χ4n) is 18.2. The van der Waals surface area contributed by atoms with Crippen LogP contribution in [0, 0.1) is 34.9 Å². The summed E-state index contributed by atoms with van der Waals surface area (Å²) in [5.41, 5.74) is 26.5. The molecule has 12 aromatic heterocycles. The molecule has 42 nitrogen and oxygen atoms in total. The highest BCUT2D eigenvalue weighted by atomic mass is 19.2. The summed E-state index contributed by atoms with van der Waals surface area (Å²) in [4.78, 5) is 44.4. The van der Waals surface area contributed by atoms with Crippen LogP contribution in [-0.4, -0.2) is 276 Å². The molecule has 4 aliphatic heterocycles. The van der Waals surface area contributed by atoms with Crippen LogP contribution in [0.15, 0.2) is 98.1 Å². The molecule has 4 aromatic carbocycles. The third-order valence-electron chi connectivity index (χ3n) is 27.4. The van der Waals surface area contributed by atoms with Gasteiger partial charge >= 0.3 is 0 Å². The SMILES string of the molecule is COc1cc2nc(N)n3nc([C@@H]4CC[C@H](C)N(c5cnn(C(C)(CO)CO)c5)C4)nc3c2cc1F.COc1cc2nc(N)n3nc([C@H]4CC[C@@H](C)N(c5cnn(C(C)(CO)CO)c5)C4)nc3c2cc1F.C[C@@H]1CC[C@H](c2nc3c4cc(F)cc(F)c4nc(N)n3n2)CN1c1cnn(C(C)(CO)CO)c1.C[C@H]1CC[C@@H](c2nc3c4cc(F)cc(F)c4nc(N)n3n2)CN1c1cnn(C(C)(CO)CO)c1. The Hall–Kier alpha value is -13.8. The third-order valence-corrected chi connectivity index (χ3v) is 27.4. The summed E-state index contributed by atoms with van der Waals surface area (Å²) in [5, 5.41) is 115. The van der Waals surface area contributed by atoms with Crippen LogP contribution >= 0.6 is 0 Å². The van der Waals surface area contributed by atoms with Crippen LogP contribution < -0.4 is 52.0 Å². The molecule has 16 heterocycles. The number of hydrogen-bond acceptors (Lipinski definition) is 34. The minimum atomic E-state index is -0.907. The number of ether oxygens (including phenoxy) is 2. The Bertz CT molecular complexity index is 6750. The molecule has 20 rings (SSSR count). The van der Waals surface area contributed by atoms with Crippen molar-refractivity contribution in [1.82, 2.24) is 117 Å². The summed E-state index contributed by atoms with van der Waals surface area (Å²) in [5.74, 6) is -1.48. The molecule has 732 valence electrons. The Morgan fingerprint density at radius 3 is 0.819 bits per heavy atom. The van der Waals surface area contributed by atoms with Gasteiger partial charge in [0.05, 0.1) is 136 Å². The largest absolute Gasteiger partial charge is 0.494 e. The second-order valence-electron chi connectivity index (χ2n) is 37.2. The van der Waals surface area contributed by atoms with E-state index in [4.69, 9.17) is 42.4 Å². The first-order valence-electron chi connectivity index (χ1n) is 45.2. The van der Waals surface area contributed by atoms with Crippen molar-refractivity contribution in [3.8, 4) is 11.5 Å². The average Bonchev–Trinajstić information content (AvgIpc) is 1.60. The summed E-state index contributed by atoms with van der Waals surface area (Å²) in [6.07, 6.45) is 21.1. The van der Waals surface area contributed by atoms with Gasteiger partial charge in [0.25, 0.3) is 0 Å². The van der Waals surface area contributed by atoms with Crippen LogP contribution in [0.3, 0.4) is 0 Å². The summed E-state index contributed by atoms with van der Waals surface area (Å²) in [7, 11) is 2.80. The van der Waals surface area contributed by atoms with Gasteiger partial charge in [0.15, 0.2) is 80.7 Å². The van der Waals surface area contributed by atoms with Crippen molar-refractivity contribution >= 4 is 113 Å². The molecule has 16 aromatic rings. The van der Waals surface area contributed by atoms with E-state index in [2.05, 4.69) is 118 Å². The number of anilines is 8. The van der Waals surface area contributed by atoms with Crippen molar-refractivity contribution in [1.29, 1.82) is 0 Å². The van der Waals surface area contributed by atoms with E-state index in [9.17, 15) is 67.2 Å². The molecule has 0 unspecified atom stereocenters. The van der Waals surface area contributed by atoms with Crippen molar-refractivity contribution in [2.45, 2.75) is 177 Å². The minimum absolute atomic E-state index is 0.00839. The maximum Gasteiger partial charge on any atom is 0.223 e. The molecular weight excluding hydrogens is 1800 g/mol. The number of halogens is 6. The van der Waals surface area contributed by atoms with Gasteiger partial charge in [-0.05, 0) is 131 Å². The topological polar surface area (TPSA) is 541 Å². The summed E-state index contributed by atoms with van der Waals surface area (Å²) in [6, 6.07) is 10.5. The number of aromatic nitrogens is 24. The number of nitrogen functional groups attached to an aromatic ring is 4. The standard InChI is InChI=1S/2C23H29FN8O3.2C22H26F2N8O2/c2*1-13-4-5-14(9-30(13)15-8-26-31(10-15)23(2,11-33)12-34)20-28-21-16-6-17(24)19(35-3)7-18(16)27-22(25)32(21)29-20;2*1-12-3-4-13(8-30(12)15-7-26-31(9-15)22(2,10-33)11-34)19-28-20-16-5-14(23)6-17(24)18(16)27-21(25)32(20)29-19/h2*6-8,10,13-14,33-34H,4-5,9,11-12H2,1-3H3,(H2,25,27);2*5-7,9,12-13,33-34H,3-4,8,10-11H2,1-2H3,(H2,25,27)/t2*13-,14+;2*12-,13+/m1010/s1. The molecule has 0 radical (unpaired) electrons. The minimum Gasteiger partial charge on any atom is -0.494 e. The first kappa shape index (κ1) is 95.9. The third kappa shape index (κ3) is 17.7. The van der Waals surface area contributed by atoms with Crippen LogP contribution in [0.1, 0.15) is 154 Å². The fraction of sp³-hybridized carbons (Fsp3) is 0.467. The van der Waals surface area contributed by atoms with E-state index < -0.39 is 57.1 Å². The van der Waals surface area contributed by atoms with Crippen LogP contribution in [0.2, 0.25) is 0 Å². The average molecular weight is 1910 g/mol. The maximum absolute atomic E-state index is 14.4. The van der Waals surface area contributed by atoms with Gasteiger partial charge in [-0.1, -0.05) is 0 Å². The molecule has 0 saturated carbocycles. The van der Waals surface area contributed by atoms with E-state index in [0.29, 0.717) is 82.6 Å². The second-order valence-corrected chi connectivity index (χ2v) is 37.2. The molecule has 48 heteroatoms. The second kappa shape index (κ2) is 38.0. The number of aliphatic hydroxyl groups is 8. The van der Waals surface area contributed by atoms with Gasteiger partial charge in [-0.25, -0.2) is 66.2 Å². The van der Waals surface area contributed by atoms with Gasteiger partial charge in [-0.2, -0.15) is 38.5 Å². The molecule has 0 amide bonds. The number of aliphatic hydroxyl groups excluding tert-OH is 8. The van der Waals surface area contributed by atoms with Gasteiger partial charge in [0.1, 0.15) is 44.8 Å². The normalized spacial score (nSPS) is 19.2. The highest BCUT2D eigenvalue weighted by molar-refractivity contribution is 5.96. The van der Waals surface area contributed by atoms with E-state index in [1.165, 1.54) is 68.7 Å². The molecule has 0 aliphatic carbocycles. The lowest BCUT2D eigenvalue weighted by Gasteiger charge is -2.38. The van der Waals surface area contributed by atoms with E-state index in [-0.39, 0.29) is 169 Å². The number of rotatable bonds is 22. The number of nitrogens with zero attached hydrogens (tertiary/aromatic N) is 28. The lowest BCUT2D eigenvalue weighted by molar-refractivity contribution is 0.0680. The lowest BCUT2D eigenvalue weighted by Crippen LogP contribution is -2.41. The van der Waals surface area contributed by atoms with Gasteiger partial charge in [0, 0.05) is 134 Å². The van der Waals surface area contributed by atoms with Crippen LogP contribution in [-0.2, 0) is 22.2 Å². The lowest BCUT2D eigenvalue weighted by atomic mass is 9.92. The highest BCUT2D eigenvalue weighted by Gasteiger charge is 2.40. The molecule has 16 N–H and O–H groups in total. The Kier molecular flexibility index (Phi) is 26.4. The van der Waals surface area contributed by atoms with Crippen LogP contribution in [0.4, 0.5) is 72.9 Å². The van der Waals surface area contributed by atoms with Crippen molar-refractivity contribution in [3.63, 3.8) is 0 Å². The molecule has 0 bridgehead atoms. The first-order chi connectivity index (χ1) is 66.0. The van der Waals surface area contributed by atoms with E-state index in [0.717, 1.165) is 86.2 Å². The van der Waals surface area contributed by atoms with Crippen molar-refractivity contribution in [2.75, 3.05) is 136 Å². The van der Waals surface area contributed by atoms with E-state index in [1.54, 1.807) is 71.2 Å². The van der Waals surface area contributed by atoms with Crippen molar-refractivity contribution in [2.24, 2.45) is 0 Å². The summed E-state index contributed by atoms with van der Waals surface area (Å²) in [6.45, 7) is 16.0. The number of fused-ring (bicyclic) bond motifs is 12. The maximum atomic E-state index is 14.4. The quantitative estimate of drug-likeness (QED) is 0.0305. The monoisotopic (exact) mass is 1910 g/mol. The zero-order valence-corrected chi connectivity index (χ0v) is 77.5. The zero-order chi connectivity index (χ0) is 98.2.